The van der Waals surface area contributed by atoms with Gasteiger partial charge in [-0.3, -0.25) is 0 Å². The van der Waals surface area contributed by atoms with E-state index in [9.17, 15) is 0 Å². The van der Waals surface area contributed by atoms with Gasteiger partial charge in [0.05, 0.1) is 8.41 Å². The summed E-state index contributed by atoms with van der Waals surface area (Å²) in [6.07, 6.45) is 1.10. The maximum absolute atomic E-state index is 5.03. The molecule has 0 aromatic heterocycles. The lowest BCUT2D eigenvalue weighted by molar-refractivity contribution is 0.932. The van der Waals surface area contributed by atoms with Gasteiger partial charge in [-0.15, -0.1) is 0 Å². The Hall–Kier alpha value is 0.0249. The standard InChI is InChI=1S/C3H9N.BH3/c1-2-3-4;/h2-4H2,1H3;1H3. The largest absolute Gasteiger partial charge is 0.330 e. The zero-order chi connectivity index (χ0) is 3.41. The molecule has 0 atom stereocenters. The van der Waals surface area contributed by atoms with E-state index in [0.717, 1.165) is 13.0 Å². The first kappa shape index (κ1) is 8.90. The average molecular weight is 72.9 g/mol. The molecule has 0 aromatic carbocycles. The minimum absolute atomic E-state index is 0. The summed E-state index contributed by atoms with van der Waals surface area (Å²) in [4.78, 5) is 0. The van der Waals surface area contributed by atoms with E-state index in [4.69, 9.17) is 5.73 Å². The van der Waals surface area contributed by atoms with Gasteiger partial charge >= 0.3 is 0 Å². The van der Waals surface area contributed by atoms with Crippen LogP contribution in [-0.2, 0) is 0 Å². The molecule has 0 aliphatic heterocycles. The fourth-order valence-corrected chi connectivity index (χ4v) is 0. The number of rotatable bonds is 1. The van der Waals surface area contributed by atoms with Crippen LogP contribution in [0.3, 0.4) is 0 Å². The lowest BCUT2D eigenvalue weighted by Gasteiger charge is -1.70. The van der Waals surface area contributed by atoms with Crippen LogP contribution >= 0.6 is 0 Å². The topological polar surface area (TPSA) is 26.0 Å². The normalized spacial score (nSPS) is 6.00. The molecule has 0 aliphatic rings. The Morgan fingerprint density at radius 2 is 1.80 bits per heavy atom. The second kappa shape index (κ2) is 8.98. The molecule has 0 aliphatic carbocycles. The summed E-state index contributed by atoms with van der Waals surface area (Å²) in [7, 11) is 0. The van der Waals surface area contributed by atoms with Gasteiger partial charge in [-0.2, -0.15) is 0 Å². The highest BCUT2D eigenvalue weighted by atomic mass is 14.5. The zero-order valence-electron chi connectivity index (χ0n) is 2.99. The fourth-order valence-electron chi connectivity index (χ4n) is 0. The molecule has 2 heteroatoms. The number of hydrogen-bond donors (Lipinski definition) is 1. The van der Waals surface area contributed by atoms with Crippen molar-refractivity contribution in [1.29, 1.82) is 0 Å². The third kappa shape index (κ3) is 15.7. The highest BCUT2D eigenvalue weighted by Gasteiger charge is 1.55. The quantitative estimate of drug-likeness (QED) is 0.403. The van der Waals surface area contributed by atoms with E-state index < -0.39 is 0 Å². The molecule has 0 saturated heterocycles. The lowest BCUT2D eigenvalue weighted by Crippen LogP contribution is -1.93. The lowest BCUT2D eigenvalue weighted by atomic mass is 10.5. The summed E-state index contributed by atoms with van der Waals surface area (Å²) in [6, 6.07) is 0. The van der Waals surface area contributed by atoms with E-state index in [2.05, 4.69) is 6.92 Å². The van der Waals surface area contributed by atoms with Crippen LogP contribution in [0.5, 0.6) is 0 Å². The van der Waals surface area contributed by atoms with Crippen molar-refractivity contribution in [3.8, 4) is 0 Å². The van der Waals surface area contributed by atoms with Crippen molar-refractivity contribution >= 4 is 8.41 Å². The molecule has 0 fully saturated rings. The third-order valence-electron chi connectivity index (χ3n) is 0.289. The van der Waals surface area contributed by atoms with Crippen LogP contribution in [0.25, 0.3) is 0 Å². The Morgan fingerprint density at radius 1 is 1.60 bits per heavy atom. The smallest absolute Gasteiger partial charge is 0.0814 e. The predicted octanol–water partition coefficient (Wildman–Crippen LogP) is -0.829. The summed E-state index contributed by atoms with van der Waals surface area (Å²) in [6.45, 7) is 2.88. The van der Waals surface area contributed by atoms with Gasteiger partial charge in [0.25, 0.3) is 0 Å². The van der Waals surface area contributed by atoms with E-state index in [1.165, 1.54) is 0 Å². The third-order valence-corrected chi connectivity index (χ3v) is 0.289. The van der Waals surface area contributed by atoms with Gasteiger partial charge < -0.3 is 5.73 Å². The van der Waals surface area contributed by atoms with Gasteiger partial charge in [-0.25, -0.2) is 0 Å². The number of hydrogen-bond acceptors (Lipinski definition) is 1. The van der Waals surface area contributed by atoms with Crippen LogP contribution in [0.4, 0.5) is 0 Å². The summed E-state index contributed by atoms with van der Waals surface area (Å²) in [5.41, 5.74) is 5.03. The molecule has 0 radical (unpaired) electrons. The van der Waals surface area contributed by atoms with Crippen molar-refractivity contribution < 1.29 is 0 Å². The first-order chi connectivity index (χ1) is 1.91. The van der Waals surface area contributed by atoms with Gasteiger partial charge in [-0.1, -0.05) is 6.92 Å². The minimum Gasteiger partial charge on any atom is -0.330 e. The molecule has 0 aromatic rings. The Labute approximate surface area is 35.1 Å². The molecule has 0 bridgehead atoms. The fraction of sp³-hybridized carbons (Fsp3) is 1.00. The predicted molar refractivity (Wildman–Crippen MR) is 29.3 cm³/mol. The Balaban J connectivity index is 0. The molecule has 0 heterocycles. The van der Waals surface area contributed by atoms with Crippen LogP contribution in [0.2, 0.25) is 0 Å². The summed E-state index contributed by atoms with van der Waals surface area (Å²) >= 11 is 0. The van der Waals surface area contributed by atoms with Crippen LogP contribution in [0.15, 0.2) is 0 Å². The monoisotopic (exact) mass is 73.1 g/mol. The molecule has 0 rings (SSSR count). The maximum atomic E-state index is 5.03. The van der Waals surface area contributed by atoms with Gasteiger partial charge in [0, 0.05) is 0 Å². The molecular formula is C3H12BN. The molecule has 1 nitrogen and oxygen atoms in total. The first-order valence-corrected chi connectivity index (χ1v) is 1.62. The van der Waals surface area contributed by atoms with Crippen molar-refractivity contribution in [2.24, 2.45) is 5.73 Å². The maximum Gasteiger partial charge on any atom is 0.0814 e. The van der Waals surface area contributed by atoms with E-state index in [1.807, 2.05) is 0 Å². The van der Waals surface area contributed by atoms with Gasteiger partial charge in [-0.05, 0) is 13.0 Å². The van der Waals surface area contributed by atoms with Crippen LogP contribution < -0.4 is 5.73 Å². The van der Waals surface area contributed by atoms with E-state index >= 15 is 0 Å². The molecule has 0 amide bonds. The summed E-state index contributed by atoms with van der Waals surface area (Å²) in [5, 5.41) is 0. The first-order valence-electron chi connectivity index (χ1n) is 1.62. The summed E-state index contributed by atoms with van der Waals surface area (Å²) < 4.78 is 0. The van der Waals surface area contributed by atoms with Crippen molar-refractivity contribution in [3.05, 3.63) is 0 Å². The second-order valence-corrected chi connectivity index (χ2v) is 0.789. The van der Waals surface area contributed by atoms with Crippen LogP contribution in [-0.4, -0.2) is 15.0 Å². The van der Waals surface area contributed by atoms with E-state index in [0.29, 0.717) is 0 Å². The highest BCUT2D eigenvalue weighted by Crippen LogP contribution is 1.57. The molecule has 0 unspecified atom stereocenters. The molecule has 0 saturated carbocycles. The average Bonchev–Trinajstić information content (AvgIpc) is 1.37. The van der Waals surface area contributed by atoms with Gasteiger partial charge in [0.15, 0.2) is 0 Å². The highest BCUT2D eigenvalue weighted by molar-refractivity contribution is 5.75. The minimum atomic E-state index is 0. The molecule has 5 heavy (non-hydrogen) atoms. The Bertz CT molecular complexity index is 8.85. The van der Waals surface area contributed by atoms with Crippen LogP contribution in [0.1, 0.15) is 13.3 Å². The van der Waals surface area contributed by atoms with Crippen LogP contribution in [0, 0.1) is 0 Å². The molecule has 2 N–H and O–H groups in total. The van der Waals surface area contributed by atoms with Crippen molar-refractivity contribution in [1.82, 2.24) is 0 Å². The second-order valence-electron chi connectivity index (χ2n) is 0.789. The Morgan fingerprint density at radius 3 is 1.80 bits per heavy atom. The summed E-state index contributed by atoms with van der Waals surface area (Å²) in [5.74, 6) is 0. The SMILES string of the molecule is B.CCCN. The number of nitrogens with two attached hydrogens (primary N) is 1. The molecule has 0 spiro atoms. The van der Waals surface area contributed by atoms with Gasteiger partial charge in [0.1, 0.15) is 0 Å². The molecule has 32 valence electrons. The molecular weight excluding hydrogens is 60.9 g/mol. The van der Waals surface area contributed by atoms with Crippen molar-refractivity contribution in [2.45, 2.75) is 13.3 Å². The van der Waals surface area contributed by atoms with Gasteiger partial charge in [0.2, 0.25) is 0 Å². The Kier molecular flexibility index (Phi) is 16.0. The van der Waals surface area contributed by atoms with Crippen molar-refractivity contribution in [2.75, 3.05) is 6.54 Å². The van der Waals surface area contributed by atoms with E-state index in [-0.39, 0.29) is 8.41 Å². The zero-order valence-corrected chi connectivity index (χ0v) is 2.99. The van der Waals surface area contributed by atoms with E-state index in [1.54, 1.807) is 0 Å². The van der Waals surface area contributed by atoms with Crippen molar-refractivity contribution in [3.63, 3.8) is 0 Å².